The highest BCUT2D eigenvalue weighted by atomic mass is 79.9. The Balaban J connectivity index is 2.80. The number of nitrogens with zero attached hydrogens (tertiary/aromatic N) is 1. The minimum absolute atomic E-state index is 0.0242. The van der Waals surface area contributed by atoms with E-state index in [9.17, 15) is 4.79 Å². The van der Waals surface area contributed by atoms with E-state index in [-0.39, 0.29) is 10.7 Å². The second kappa shape index (κ2) is 4.75. The Morgan fingerprint density at radius 2 is 2.27 bits per heavy atom. The molecule has 0 aromatic carbocycles. The fourth-order valence-corrected chi connectivity index (χ4v) is 1.33. The molecule has 0 radical (unpaired) electrons. The Bertz CT molecular complexity index is 336. The van der Waals surface area contributed by atoms with E-state index in [4.69, 9.17) is 0 Å². The number of pyridine rings is 1. The molecule has 0 saturated heterocycles. The molecule has 3 nitrogen and oxygen atoms in total. The number of carbonyl (C=O) groups excluding carboxylic acids is 1. The Morgan fingerprint density at radius 3 is 2.73 bits per heavy atom. The molecule has 1 rings (SSSR count). The normalized spacial score (nSPS) is 13.3. The zero-order valence-corrected chi connectivity index (χ0v) is 10.7. The van der Waals surface area contributed by atoms with Crippen LogP contribution in [0.15, 0.2) is 24.5 Å². The first-order valence-corrected chi connectivity index (χ1v) is 5.71. The maximum atomic E-state index is 11.6. The van der Waals surface area contributed by atoms with Crippen molar-refractivity contribution in [1.29, 1.82) is 0 Å². The zero-order chi connectivity index (χ0) is 11.5. The predicted molar refractivity (Wildman–Crippen MR) is 63.8 cm³/mol. The highest BCUT2D eigenvalue weighted by Gasteiger charge is 2.24. The van der Waals surface area contributed by atoms with Gasteiger partial charge in [-0.3, -0.25) is 9.78 Å². The average Bonchev–Trinajstić information content (AvgIpc) is 2.18. The van der Waals surface area contributed by atoms with Gasteiger partial charge in [0.15, 0.2) is 0 Å². The number of carbonyl (C=O) groups is 1. The van der Waals surface area contributed by atoms with Crippen LogP contribution in [-0.4, -0.2) is 15.7 Å². The molecule has 0 aliphatic carbocycles. The average molecular weight is 271 g/mol. The summed E-state index contributed by atoms with van der Waals surface area (Å²) in [6.45, 7) is 5.71. The molecular formula is C11H15BrN2O. The topological polar surface area (TPSA) is 42.0 Å². The predicted octanol–water partition coefficient (Wildman–Crippen LogP) is 2.22. The molecular weight excluding hydrogens is 256 g/mol. The molecule has 1 unspecified atom stereocenters. The van der Waals surface area contributed by atoms with Gasteiger partial charge in [0, 0.05) is 12.4 Å². The molecule has 15 heavy (non-hydrogen) atoms. The molecule has 1 aromatic heterocycles. The lowest BCUT2D eigenvalue weighted by Gasteiger charge is -2.27. The maximum Gasteiger partial charge on any atom is 0.234 e. The van der Waals surface area contributed by atoms with E-state index in [1.54, 1.807) is 19.3 Å². The van der Waals surface area contributed by atoms with Crippen LogP contribution >= 0.6 is 15.9 Å². The minimum atomic E-state index is -0.395. The van der Waals surface area contributed by atoms with Crippen molar-refractivity contribution in [2.24, 2.45) is 0 Å². The molecule has 1 heterocycles. The first-order chi connectivity index (χ1) is 6.93. The van der Waals surface area contributed by atoms with Crippen molar-refractivity contribution in [2.45, 2.75) is 31.1 Å². The van der Waals surface area contributed by atoms with Gasteiger partial charge in [-0.2, -0.15) is 0 Å². The molecule has 0 spiro atoms. The molecule has 0 fully saturated rings. The molecule has 4 heteroatoms. The molecule has 0 aliphatic rings. The van der Waals surface area contributed by atoms with Gasteiger partial charge in [0.05, 0.1) is 10.4 Å². The van der Waals surface area contributed by atoms with Crippen molar-refractivity contribution < 1.29 is 4.79 Å². The smallest absolute Gasteiger partial charge is 0.234 e. The van der Waals surface area contributed by atoms with Gasteiger partial charge < -0.3 is 5.32 Å². The van der Waals surface area contributed by atoms with Crippen LogP contribution in [0, 0.1) is 0 Å². The molecule has 0 bridgehead atoms. The second-order valence-electron chi connectivity index (χ2n) is 3.97. The first-order valence-electron chi connectivity index (χ1n) is 4.80. The van der Waals surface area contributed by atoms with E-state index >= 15 is 0 Å². The third-order valence-electron chi connectivity index (χ3n) is 2.18. The van der Waals surface area contributed by atoms with Crippen molar-refractivity contribution in [3.63, 3.8) is 0 Å². The SMILES string of the molecule is CC(Br)C(=O)NC(C)(C)c1cccnc1. The summed E-state index contributed by atoms with van der Waals surface area (Å²) < 4.78 is 0. The van der Waals surface area contributed by atoms with Gasteiger partial charge in [0.2, 0.25) is 5.91 Å². The lowest BCUT2D eigenvalue weighted by Crippen LogP contribution is -2.43. The van der Waals surface area contributed by atoms with Gasteiger partial charge in [-0.1, -0.05) is 22.0 Å². The quantitative estimate of drug-likeness (QED) is 0.856. The fraction of sp³-hybridized carbons (Fsp3) is 0.455. The van der Waals surface area contributed by atoms with Gasteiger partial charge in [-0.15, -0.1) is 0 Å². The summed E-state index contributed by atoms with van der Waals surface area (Å²) in [5.74, 6) is -0.0242. The van der Waals surface area contributed by atoms with Crippen molar-refractivity contribution in [3.05, 3.63) is 30.1 Å². The van der Waals surface area contributed by atoms with E-state index in [0.717, 1.165) is 5.56 Å². The number of amides is 1. The third-order valence-corrected chi connectivity index (χ3v) is 2.60. The van der Waals surface area contributed by atoms with Crippen LogP contribution < -0.4 is 5.32 Å². The van der Waals surface area contributed by atoms with Crippen LogP contribution in [0.5, 0.6) is 0 Å². The molecule has 0 aliphatic heterocycles. The van der Waals surface area contributed by atoms with Gasteiger partial charge >= 0.3 is 0 Å². The van der Waals surface area contributed by atoms with Gasteiger partial charge in [0.1, 0.15) is 0 Å². The second-order valence-corrected chi connectivity index (χ2v) is 5.35. The van der Waals surface area contributed by atoms with Crippen LogP contribution in [0.3, 0.4) is 0 Å². The Labute approximate surface area is 98.4 Å². The van der Waals surface area contributed by atoms with Crippen molar-refractivity contribution in [1.82, 2.24) is 10.3 Å². The summed E-state index contributed by atoms with van der Waals surface area (Å²) in [5, 5.41) is 2.95. The highest BCUT2D eigenvalue weighted by Crippen LogP contribution is 2.19. The largest absolute Gasteiger partial charge is 0.346 e. The number of alkyl halides is 1. The van der Waals surface area contributed by atoms with Crippen LogP contribution in [0.1, 0.15) is 26.3 Å². The Morgan fingerprint density at radius 1 is 1.60 bits per heavy atom. The lowest BCUT2D eigenvalue weighted by atomic mass is 9.96. The number of aromatic nitrogens is 1. The number of hydrogen-bond donors (Lipinski definition) is 1. The minimum Gasteiger partial charge on any atom is -0.346 e. The third kappa shape index (κ3) is 3.30. The molecule has 1 amide bonds. The Hall–Kier alpha value is -0.900. The zero-order valence-electron chi connectivity index (χ0n) is 9.12. The van der Waals surface area contributed by atoms with Crippen molar-refractivity contribution in [2.75, 3.05) is 0 Å². The summed E-state index contributed by atoms with van der Waals surface area (Å²) in [7, 11) is 0. The molecule has 1 atom stereocenters. The summed E-state index contributed by atoms with van der Waals surface area (Å²) in [6.07, 6.45) is 3.48. The van der Waals surface area contributed by atoms with E-state index in [2.05, 4.69) is 26.2 Å². The standard InChI is InChI=1S/C11H15BrN2O/c1-8(12)10(15)14-11(2,3)9-5-4-6-13-7-9/h4-8H,1-3H3,(H,14,15). The molecule has 1 aromatic rings. The van der Waals surface area contributed by atoms with E-state index < -0.39 is 5.54 Å². The van der Waals surface area contributed by atoms with Gasteiger partial charge in [-0.25, -0.2) is 0 Å². The van der Waals surface area contributed by atoms with Crippen molar-refractivity contribution >= 4 is 21.8 Å². The number of halogens is 1. The first kappa shape index (κ1) is 12.2. The van der Waals surface area contributed by atoms with Gasteiger partial charge in [-0.05, 0) is 32.4 Å². The molecule has 0 saturated carbocycles. The fourth-order valence-electron chi connectivity index (χ4n) is 1.21. The lowest BCUT2D eigenvalue weighted by molar-refractivity contribution is -0.121. The summed E-state index contributed by atoms with van der Waals surface area (Å²) in [4.78, 5) is 15.4. The number of rotatable bonds is 3. The van der Waals surface area contributed by atoms with Crippen LogP contribution in [-0.2, 0) is 10.3 Å². The summed E-state index contributed by atoms with van der Waals surface area (Å²) >= 11 is 3.24. The van der Waals surface area contributed by atoms with Crippen LogP contribution in [0.2, 0.25) is 0 Å². The monoisotopic (exact) mass is 270 g/mol. The van der Waals surface area contributed by atoms with E-state index in [1.807, 2.05) is 26.0 Å². The van der Waals surface area contributed by atoms with E-state index in [0.29, 0.717) is 0 Å². The van der Waals surface area contributed by atoms with Crippen LogP contribution in [0.25, 0.3) is 0 Å². The summed E-state index contributed by atoms with van der Waals surface area (Å²) in [5.41, 5.74) is 0.597. The molecule has 1 N–H and O–H groups in total. The van der Waals surface area contributed by atoms with Crippen molar-refractivity contribution in [3.8, 4) is 0 Å². The van der Waals surface area contributed by atoms with Crippen LogP contribution in [0.4, 0.5) is 0 Å². The molecule has 82 valence electrons. The highest BCUT2D eigenvalue weighted by molar-refractivity contribution is 9.10. The number of nitrogens with one attached hydrogen (secondary N) is 1. The number of hydrogen-bond acceptors (Lipinski definition) is 2. The van der Waals surface area contributed by atoms with Gasteiger partial charge in [0.25, 0.3) is 0 Å². The summed E-state index contributed by atoms with van der Waals surface area (Å²) in [6, 6.07) is 3.81. The van der Waals surface area contributed by atoms with E-state index in [1.165, 1.54) is 0 Å². The Kier molecular flexibility index (Phi) is 3.85. The maximum absolute atomic E-state index is 11.6.